The van der Waals surface area contributed by atoms with E-state index in [-0.39, 0.29) is 28.3 Å². The second kappa shape index (κ2) is 7.80. The van der Waals surface area contributed by atoms with Gasteiger partial charge in [0, 0.05) is 11.6 Å². The zero-order valence-corrected chi connectivity index (χ0v) is 15.4. The summed E-state index contributed by atoms with van der Waals surface area (Å²) >= 11 is 5.80. The van der Waals surface area contributed by atoms with Gasteiger partial charge in [0.2, 0.25) is 10.0 Å². The fraction of sp³-hybridized carbons (Fsp3) is 0.429. The number of nitrogens with one attached hydrogen (secondary N) is 1. The lowest BCUT2D eigenvalue weighted by Crippen LogP contribution is -2.29. The summed E-state index contributed by atoms with van der Waals surface area (Å²) in [5.74, 6) is 0.121. The van der Waals surface area contributed by atoms with E-state index in [0.29, 0.717) is 0 Å². The van der Waals surface area contributed by atoms with E-state index in [4.69, 9.17) is 11.6 Å². The molecule has 1 heterocycles. The van der Waals surface area contributed by atoms with Crippen LogP contribution in [0.15, 0.2) is 29.2 Å². The summed E-state index contributed by atoms with van der Waals surface area (Å²) in [4.78, 5) is -0.0482. The van der Waals surface area contributed by atoms with Crippen molar-refractivity contribution in [2.45, 2.75) is 37.5 Å². The number of alkyl halides is 3. The summed E-state index contributed by atoms with van der Waals surface area (Å²) in [6.45, 7) is 1.81. The number of benzene rings is 1. The summed E-state index contributed by atoms with van der Waals surface area (Å²) < 4.78 is 70.0. The normalized spacial score (nSPS) is 13.6. The molecule has 0 fully saturated rings. The van der Waals surface area contributed by atoms with E-state index >= 15 is 0 Å². The summed E-state index contributed by atoms with van der Waals surface area (Å²) in [5, 5.41) is 7.56. The van der Waals surface area contributed by atoms with Crippen molar-refractivity contribution in [3.63, 3.8) is 0 Å². The quantitative estimate of drug-likeness (QED) is 0.755. The number of rotatable bonds is 7. The summed E-state index contributed by atoms with van der Waals surface area (Å²) in [6, 6.07) is 4.45. The second-order valence-electron chi connectivity index (χ2n) is 5.29. The van der Waals surface area contributed by atoms with Gasteiger partial charge in [-0.1, -0.05) is 22.8 Å². The highest BCUT2D eigenvalue weighted by Crippen LogP contribution is 2.22. The van der Waals surface area contributed by atoms with Crippen LogP contribution in [0.25, 0.3) is 0 Å². The third-order valence-electron chi connectivity index (χ3n) is 3.25. The molecule has 0 unspecified atom stereocenters. The predicted molar refractivity (Wildman–Crippen MR) is 87.4 cm³/mol. The minimum Gasteiger partial charge on any atom is -0.454 e. The molecule has 0 aliphatic carbocycles. The van der Waals surface area contributed by atoms with Gasteiger partial charge in [0.05, 0.1) is 10.9 Å². The Hall–Kier alpha value is -1.85. The molecule has 2 rings (SSSR count). The Kier molecular flexibility index (Phi) is 6.14. The van der Waals surface area contributed by atoms with Gasteiger partial charge in [-0.2, -0.15) is 13.2 Å². The highest BCUT2D eigenvalue weighted by atomic mass is 35.5. The van der Waals surface area contributed by atoms with Gasteiger partial charge in [-0.25, -0.2) is 13.1 Å². The van der Waals surface area contributed by atoms with Crippen molar-refractivity contribution in [3.8, 4) is 6.01 Å². The molecular weight excluding hydrogens is 397 g/mol. The first-order valence-electron chi connectivity index (χ1n) is 7.44. The summed E-state index contributed by atoms with van der Waals surface area (Å²) in [5.41, 5.74) is 0. The van der Waals surface area contributed by atoms with E-state index in [1.54, 1.807) is 6.92 Å². The Morgan fingerprint density at radius 2 is 2.04 bits per heavy atom. The van der Waals surface area contributed by atoms with Gasteiger partial charge < -0.3 is 4.74 Å². The number of halogens is 4. The predicted octanol–water partition coefficient (Wildman–Crippen LogP) is 2.93. The van der Waals surface area contributed by atoms with Gasteiger partial charge in [0.15, 0.2) is 12.4 Å². The smallest absolute Gasteiger partial charge is 0.422 e. The topological polar surface area (TPSA) is 86.1 Å². The zero-order chi connectivity index (χ0) is 19.5. The molecule has 26 heavy (non-hydrogen) atoms. The van der Waals surface area contributed by atoms with Gasteiger partial charge >= 0.3 is 12.2 Å². The van der Waals surface area contributed by atoms with Crippen molar-refractivity contribution < 1.29 is 26.3 Å². The highest BCUT2D eigenvalue weighted by molar-refractivity contribution is 7.89. The Labute approximate surface area is 153 Å². The van der Waals surface area contributed by atoms with E-state index in [9.17, 15) is 21.6 Å². The number of ether oxygens (including phenoxy) is 1. The molecule has 7 nitrogen and oxygen atoms in total. The molecular formula is C14H16ClF3N4O3S. The molecule has 1 N–H and O–H groups in total. The summed E-state index contributed by atoms with van der Waals surface area (Å²) in [6.07, 6.45) is -4.52. The number of nitrogens with zero attached hydrogens (tertiary/aromatic N) is 3. The van der Waals surface area contributed by atoms with Crippen LogP contribution in [0.1, 0.15) is 25.7 Å². The molecule has 0 spiro atoms. The Balaban J connectivity index is 2.21. The zero-order valence-electron chi connectivity index (χ0n) is 13.8. The molecule has 12 heteroatoms. The van der Waals surface area contributed by atoms with Crippen LogP contribution in [0.4, 0.5) is 13.2 Å². The average molecular weight is 413 g/mol. The molecule has 0 saturated carbocycles. The number of sulfonamides is 1. The third kappa shape index (κ3) is 5.08. The molecule has 0 aliphatic heterocycles. The molecule has 1 aromatic heterocycles. The molecule has 0 aliphatic rings. The van der Waals surface area contributed by atoms with Crippen molar-refractivity contribution in [1.82, 2.24) is 19.5 Å². The van der Waals surface area contributed by atoms with E-state index in [2.05, 4.69) is 19.7 Å². The van der Waals surface area contributed by atoms with Gasteiger partial charge in [0.1, 0.15) is 0 Å². The molecule has 0 radical (unpaired) electrons. The number of hydrogen-bond acceptors (Lipinski definition) is 5. The van der Waals surface area contributed by atoms with E-state index < -0.39 is 28.8 Å². The molecule has 1 atom stereocenters. The van der Waals surface area contributed by atoms with Crippen molar-refractivity contribution in [1.29, 1.82) is 0 Å². The van der Waals surface area contributed by atoms with Crippen LogP contribution in [0.3, 0.4) is 0 Å². The van der Waals surface area contributed by atoms with Crippen molar-refractivity contribution in [2.24, 2.45) is 0 Å². The maximum Gasteiger partial charge on any atom is 0.422 e. The van der Waals surface area contributed by atoms with Crippen LogP contribution in [-0.4, -0.2) is 36.0 Å². The minimum atomic E-state index is -4.52. The van der Waals surface area contributed by atoms with Crippen molar-refractivity contribution in [2.75, 3.05) is 6.61 Å². The fourth-order valence-corrected chi connectivity index (χ4v) is 3.66. The SMILES string of the molecule is CCn1c(OCC(F)(F)F)nnc1[C@@H](C)NS(=O)(=O)c1cccc(Cl)c1. The molecule has 2 aromatic rings. The van der Waals surface area contributed by atoms with Crippen LogP contribution in [0.2, 0.25) is 5.02 Å². The van der Waals surface area contributed by atoms with Crippen LogP contribution in [0.5, 0.6) is 6.01 Å². The molecule has 0 bridgehead atoms. The minimum absolute atomic E-state index is 0.0482. The van der Waals surface area contributed by atoms with Gasteiger partial charge in [-0.05, 0) is 32.0 Å². The molecule has 0 saturated heterocycles. The first-order chi connectivity index (χ1) is 12.0. The van der Waals surface area contributed by atoms with E-state index in [1.165, 1.54) is 35.8 Å². The summed E-state index contributed by atoms with van der Waals surface area (Å²) in [7, 11) is -3.92. The van der Waals surface area contributed by atoms with Gasteiger partial charge in [0.25, 0.3) is 0 Å². The van der Waals surface area contributed by atoms with Crippen molar-refractivity contribution >= 4 is 21.6 Å². The van der Waals surface area contributed by atoms with Gasteiger partial charge in [-0.15, -0.1) is 5.10 Å². The van der Waals surface area contributed by atoms with Gasteiger partial charge in [-0.3, -0.25) is 4.57 Å². The fourth-order valence-electron chi connectivity index (χ4n) is 2.16. The lowest BCUT2D eigenvalue weighted by molar-refractivity contribution is -0.155. The monoisotopic (exact) mass is 412 g/mol. The average Bonchev–Trinajstić information content (AvgIpc) is 2.95. The van der Waals surface area contributed by atoms with E-state index in [0.717, 1.165) is 0 Å². The largest absolute Gasteiger partial charge is 0.454 e. The molecule has 0 amide bonds. The Bertz CT molecular complexity index is 871. The molecule has 144 valence electrons. The van der Waals surface area contributed by atoms with Crippen LogP contribution < -0.4 is 9.46 Å². The van der Waals surface area contributed by atoms with Crippen LogP contribution in [-0.2, 0) is 16.6 Å². The van der Waals surface area contributed by atoms with Crippen LogP contribution >= 0.6 is 11.6 Å². The maximum absolute atomic E-state index is 12.4. The van der Waals surface area contributed by atoms with E-state index in [1.807, 2.05) is 0 Å². The standard InChI is InChI=1S/C14H16ClF3N4O3S/c1-3-22-12(19-20-13(22)25-8-14(16,17)18)9(2)21-26(23,24)11-6-4-5-10(15)7-11/h4-7,9,21H,3,8H2,1-2H3/t9-/m1/s1. The lowest BCUT2D eigenvalue weighted by atomic mass is 10.3. The van der Waals surface area contributed by atoms with Crippen molar-refractivity contribution in [3.05, 3.63) is 35.1 Å². The second-order valence-corrected chi connectivity index (χ2v) is 7.44. The third-order valence-corrected chi connectivity index (χ3v) is 5.03. The highest BCUT2D eigenvalue weighted by Gasteiger charge is 2.30. The number of hydrogen-bond donors (Lipinski definition) is 1. The lowest BCUT2D eigenvalue weighted by Gasteiger charge is -2.15. The number of aromatic nitrogens is 3. The first kappa shape index (κ1) is 20.5. The molecule has 1 aromatic carbocycles. The Morgan fingerprint density at radius 3 is 2.62 bits per heavy atom. The first-order valence-corrected chi connectivity index (χ1v) is 9.30. The van der Waals surface area contributed by atoms with Crippen LogP contribution in [0, 0.1) is 0 Å². The Morgan fingerprint density at radius 1 is 1.35 bits per heavy atom. The maximum atomic E-state index is 12.4.